The summed E-state index contributed by atoms with van der Waals surface area (Å²) in [5.74, 6) is 0.823. The Kier molecular flexibility index (Phi) is 3.67. The number of H-pyrrole nitrogens is 1. The number of hydrogen-bond acceptors (Lipinski definition) is 6. The molecule has 0 aliphatic rings. The van der Waals surface area contributed by atoms with Crippen LogP contribution in [0.15, 0.2) is 77.7 Å². The van der Waals surface area contributed by atoms with E-state index in [1.165, 1.54) is 16.3 Å². The molecule has 8 heteroatoms. The zero-order valence-electron chi connectivity index (χ0n) is 15.7. The molecular formula is C22H15N7O. The highest BCUT2D eigenvalue weighted by atomic mass is 16.5. The summed E-state index contributed by atoms with van der Waals surface area (Å²) >= 11 is 0. The van der Waals surface area contributed by atoms with Gasteiger partial charge in [-0.1, -0.05) is 52.8 Å². The molecule has 3 heterocycles. The molecule has 0 fully saturated rings. The van der Waals surface area contributed by atoms with E-state index in [0.717, 1.165) is 16.6 Å². The van der Waals surface area contributed by atoms with Crippen LogP contribution >= 0.6 is 0 Å². The third kappa shape index (κ3) is 2.82. The average Bonchev–Trinajstić information content (AvgIpc) is 3.53. The maximum Gasteiger partial charge on any atom is 0.280 e. The Labute approximate surface area is 170 Å². The van der Waals surface area contributed by atoms with Crippen molar-refractivity contribution < 1.29 is 4.52 Å². The summed E-state index contributed by atoms with van der Waals surface area (Å²) in [7, 11) is 0. The molecule has 0 bridgehead atoms. The summed E-state index contributed by atoms with van der Waals surface area (Å²) in [5, 5.41) is 14.9. The van der Waals surface area contributed by atoms with Gasteiger partial charge in [-0.15, -0.1) is 5.10 Å². The van der Waals surface area contributed by atoms with Gasteiger partial charge in [0.15, 0.2) is 5.69 Å². The molecule has 6 aromatic rings. The van der Waals surface area contributed by atoms with Crippen molar-refractivity contribution in [2.45, 2.75) is 6.54 Å². The molecule has 0 atom stereocenters. The van der Waals surface area contributed by atoms with Crippen LogP contribution in [0.2, 0.25) is 0 Å². The fourth-order valence-corrected chi connectivity index (χ4v) is 3.60. The SMILES string of the molecule is c1ccc2c(Cn3cc(-c4nc(-c5ccc6nc[nH]c6c5)no4)nn3)cccc2c1. The highest BCUT2D eigenvalue weighted by molar-refractivity contribution is 5.85. The van der Waals surface area contributed by atoms with E-state index in [1.807, 2.05) is 36.5 Å². The van der Waals surface area contributed by atoms with Crippen molar-refractivity contribution in [3.8, 4) is 23.0 Å². The molecule has 0 aliphatic heterocycles. The lowest BCUT2D eigenvalue weighted by Crippen LogP contribution is -2.01. The first-order valence-electron chi connectivity index (χ1n) is 9.48. The Morgan fingerprint density at radius 1 is 1.00 bits per heavy atom. The van der Waals surface area contributed by atoms with Gasteiger partial charge in [-0.05, 0) is 34.5 Å². The Balaban J connectivity index is 1.29. The molecule has 1 N–H and O–H groups in total. The maximum absolute atomic E-state index is 5.43. The summed E-state index contributed by atoms with van der Waals surface area (Å²) < 4.78 is 7.21. The summed E-state index contributed by atoms with van der Waals surface area (Å²) in [6.45, 7) is 0.603. The second kappa shape index (κ2) is 6.63. The molecule has 6 rings (SSSR count). The summed E-state index contributed by atoms with van der Waals surface area (Å²) in [4.78, 5) is 11.8. The van der Waals surface area contributed by atoms with E-state index in [4.69, 9.17) is 4.52 Å². The lowest BCUT2D eigenvalue weighted by molar-refractivity contribution is 0.431. The van der Waals surface area contributed by atoms with Crippen molar-refractivity contribution in [3.63, 3.8) is 0 Å². The highest BCUT2D eigenvalue weighted by Crippen LogP contribution is 2.24. The van der Waals surface area contributed by atoms with Gasteiger partial charge in [0.1, 0.15) is 0 Å². The van der Waals surface area contributed by atoms with Crippen molar-refractivity contribution in [1.29, 1.82) is 0 Å². The Morgan fingerprint density at radius 3 is 2.93 bits per heavy atom. The molecule has 0 unspecified atom stereocenters. The Morgan fingerprint density at radius 2 is 1.93 bits per heavy atom. The second-order valence-electron chi connectivity index (χ2n) is 7.00. The third-order valence-electron chi connectivity index (χ3n) is 5.07. The van der Waals surface area contributed by atoms with Gasteiger partial charge >= 0.3 is 0 Å². The Hall–Kier alpha value is -4.33. The number of aromatic nitrogens is 7. The summed E-state index contributed by atoms with van der Waals surface area (Å²) in [6, 6.07) is 20.3. The highest BCUT2D eigenvalue weighted by Gasteiger charge is 2.15. The van der Waals surface area contributed by atoms with Crippen LogP contribution in [-0.4, -0.2) is 35.1 Å². The fraction of sp³-hybridized carbons (Fsp3) is 0.0455. The van der Waals surface area contributed by atoms with Crippen LogP contribution in [0.1, 0.15) is 5.56 Å². The number of aromatic amines is 1. The van der Waals surface area contributed by atoms with E-state index < -0.39 is 0 Å². The molecule has 0 aliphatic carbocycles. The molecule has 8 nitrogen and oxygen atoms in total. The molecule has 0 amide bonds. The molecule has 0 radical (unpaired) electrons. The van der Waals surface area contributed by atoms with Crippen LogP contribution < -0.4 is 0 Å². The van der Waals surface area contributed by atoms with Crippen molar-refractivity contribution in [1.82, 2.24) is 35.1 Å². The zero-order chi connectivity index (χ0) is 19.9. The largest absolute Gasteiger partial charge is 0.345 e. The van der Waals surface area contributed by atoms with Gasteiger partial charge in [0, 0.05) is 5.56 Å². The van der Waals surface area contributed by atoms with Gasteiger partial charge in [-0.25, -0.2) is 9.67 Å². The normalized spacial score (nSPS) is 11.5. The number of fused-ring (bicyclic) bond motifs is 2. The molecule has 0 spiro atoms. The van der Waals surface area contributed by atoms with Crippen molar-refractivity contribution in [3.05, 3.63) is 78.8 Å². The predicted molar refractivity (Wildman–Crippen MR) is 111 cm³/mol. The van der Waals surface area contributed by atoms with E-state index in [1.54, 1.807) is 11.0 Å². The predicted octanol–water partition coefficient (Wildman–Crippen LogP) is 4.07. The number of nitrogens with zero attached hydrogens (tertiary/aromatic N) is 6. The van der Waals surface area contributed by atoms with Crippen LogP contribution in [0.3, 0.4) is 0 Å². The molecule has 0 saturated heterocycles. The van der Waals surface area contributed by atoms with Gasteiger partial charge < -0.3 is 9.51 Å². The molecule has 3 aromatic carbocycles. The second-order valence-corrected chi connectivity index (χ2v) is 7.00. The van der Waals surface area contributed by atoms with Crippen molar-refractivity contribution >= 4 is 21.8 Å². The lowest BCUT2D eigenvalue weighted by Gasteiger charge is -2.05. The van der Waals surface area contributed by atoms with E-state index in [9.17, 15) is 0 Å². The van der Waals surface area contributed by atoms with Gasteiger partial charge in [0.05, 0.1) is 30.1 Å². The van der Waals surface area contributed by atoms with E-state index >= 15 is 0 Å². The summed E-state index contributed by atoms with van der Waals surface area (Å²) in [5.41, 5.74) is 4.35. The van der Waals surface area contributed by atoms with Gasteiger partial charge in [-0.2, -0.15) is 4.98 Å². The molecular weight excluding hydrogens is 378 g/mol. The number of rotatable bonds is 4. The lowest BCUT2D eigenvalue weighted by atomic mass is 10.0. The number of benzene rings is 3. The standard InChI is InChI=1S/C22H15N7O/c1-2-7-17-14(4-1)5-3-6-16(17)11-29-12-20(26-28-29)22-25-21(27-30-22)15-8-9-18-19(10-15)24-13-23-18/h1-10,12-13H,11H2,(H,23,24). The van der Waals surface area contributed by atoms with E-state index in [2.05, 4.69) is 60.8 Å². The minimum absolute atomic E-state index is 0.332. The van der Waals surface area contributed by atoms with Crippen LogP contribution in [-0.2, 0) is 6.54 Å². The smallest absolute Gasteiger partial charge is 0.280 e. The van der Waals surface area contributed by atoms with Gasteiger partial charge in [-0.3, -0.25) is 0 Å². The fourth-order valence-electron chi connectivity index (χ4n) is 3.60. The maximum atomic E-state index is 5.43. The van der Waals surface area contributed by atoms with Crippen LogP contribution in [0.4, 0.5) is 0 Å². The molecule has 144 valence electrons. The first-order chi connectivity index (χ1) is 14.8. The van der Waals surface area contributed by atoms with Crippen LogP contribution in [0.25, 0.3) is 44.8 Å². The van der Waals surface area contributed by atoms with E-state index in [-0.39, 0.29) is 0 Å². The molecule has 3 aromatic heterocycles. The van der Waals surface area contributed by atoms with Crippen LogP contribution in [0, 0.1) is 0 Å². The third-order valence-corrected chi connectivity index (χ3v) is 5.07. The first-order valence-corrected chi connectivity index (χ1v) is 9.48. The number of imidazole rings is 1. The van der Waals surface area contributed by atoms with Gasteiger partial charge in [0.25, 0.3) is 5.89 Å². The average molecular weight is 393 g/mol. The molecule has 30 heavy (non-hydrogen) atoms. The molecule has 0 saturated carbocycles. The monoisotopic (exact) mass is 393 g/mol. The summed E-state index contributed by atoms with van der Waals surface area (Å²) in [6.07, 6.45) is 3.47. The topological polar surface area (TPSA) is 98.3 Å². The number of nitrogens with one attached hydrogen (secondary N) is 1. The number of hydrogen-bond donors (Lipinski definition) is 1. The quantitative estimate of drug-likeness (QED) is 0.485. The van der Waals surface area contributed by atoms with Crippen LogP contribution in [0.5, 0.6) is 0 Å². The Bertz CT molecular complexity index is 1490. The minimum atomic E-state index is 0.332. The van der Waals surface area contributed by atoms with Crippen molar-refractivity contribution in [2.75, 3.05) is 0 Å². The van der Waals surface area contributed by atoms with Gasteiger partial charge in [0.2, 0.25) is 5.82 Å². The van der Waals surface area contributed by atoms with Crippen molar-refractivity contribution in [2.24, 2.45) is 0 Å². The minimum Gasteiger partial charge on any atom is -0.345 e. The zero-order valence-corrected chi connectivity index (χ0v) is 15.7. The van der Waals surface area contributed by atoms with E-state index in [0.29, 0.717) is 24.0 Å². The first kappa shape index (κ1) is 16.6.